The lowest BCUT2D eigenvalue weighted by atomic mass is 10.0. The zero-order chi connectivity index (χ0) is 12.7. The minimum atomic E-state index is -0.338. The van der Waals surface area contributed by atoms with Crippen LogP contribution in [-0.2, 0) is 0 Å². The Balaban J connectivity index is 2.53. The monoisotopic (exact) mass is 239 g/mol. The van der Waals surface area contributed by atoms with Gasteiger partial charge in [-0.25, -0.2) is 4.39 Å². The van der Waals surface area contributed by atoms with Gasteiger partial charge in [-0.3, -0.25) is 0 Å². The molecule has 1 aromatic carbocycles. The minimum absolute atomic E-state index is 0.0265. The summed E-state index contributed by atoms with van der Waals surface area (Å²) in [5.41, 5.74) is 7.02. The second kappa shape index (κ2) is 7.28. The highest BCUT2D eigenvalue weighted by Gasteiger charge is 2.09. The molecular weight excluding hydrogens is 217 g/mol. The number of hydrogen-bond donors (Lipinski definition) is 1. The molecule has 2 N–H and O–H groups in total. The van der Waals surface area contributed by atoms with Gasteiger partial charge in [0.1, 0.15) is 0 Å². The lowest BCUT2D eigenvalue weighted by molar-refractivity contribution is 0.385. The molecule has 0 heterocycles. The van der Waals surface area contributed by atoms with Gasteiger partial charge in [-0.2, -0.15) is 0 Å². The van der Waals surface area contributed by atoms with Crippen molar-refractivity contribution in [3.63, 3.8) is 0 Å². The van der Waals surface area contributed by atoms with Crippen LogP contribution < -0.4 is 10.5 Å². The molecule has 0 aromatic heterocycles. The highest BCUT2D eigenvalue weighted by atomic mass is 19.1. The van der Waals surface area contributed by atoms with E-state index >= 15 is 0 Å². The number of halogens is 1. The highest BCUT2D eigenvalue weighted by molar-refractivity contribution is 5.31. The van der Waals surface area contributed by atoms with Crippen molar-refractivity contribution in [2.75, 3.05) is 7.11 Å². The first kappa shape index (κ1) is 14.0. The molecular formula is C14H22FNO. The Morgan fingerprint density at radius 3 is 2.71 bits per heavy atom. The highest BCUT2D eigenvalue weighted by Crippen LogP contribution is 2.24. The van der Waals surface area contributed by atoms with Gasteiger partial charge >= 0.3 is 0 Å². The average Bonchev–Trinajstić information content (AvgIpc) is 2.35. The van der Waals surface area contributed by atoms with Crippen molar-refractivity contribution in [1.82, 2.24) is 0 Å². The third kappa shape index (κ3) is 4.35. The number of rotatable bonds is 7. The maximum absolute atomic E-state index is 13.2. The molecule has 1 aromatic rings. The van der Waals surface area contributed by atoms with E-state index in [-0.39, 0.29) is 17.6 Å². The Bertz CT molecular complexity index is 341. The van der Waals surface area contributed by atoms with E-state index in [9.17, 15) is 4.39 Å². The van der Waals surface area contributed by atoms with E-state index in [2.05, 4.69) is 6.92 Å². The molecule has 0 aliphatic heterocycles. The quantitative estimate of drug-likeness (QED) is 0.734. The summed E-state index contributed by atoms with van der Waals surface area (Å²) < 4.78 is 18.2. The minimum Gasteiger partial charge on any atom is -0.494 e. The van der Waals surface area contributed by atoms with Crippen molar-refractivity contribution in [3.05, 3.63) is 29.6 Å². The first-order valence-corrected chi connectivity index (χ1v) is 6.28. The van der Waals surface area contributed by atoms with Crippen LogP contribution in [-0.4, -0.2) is 7.11 Å². The van der Waals surface area contributed by atoms with E-state index in [1.54, 1.807) is 12.1 Å². The summed E-state index contributed by atoms with van der Waals surface area (Å²) in [7, 11) is 1.47. The molecule has 2 nitrogen and oxygen atoms in total. The summed E-state index contributed by atoms with van der Waals surface area (Å²) in [6.45, 7) is 2.19. The predicted molar refractivity (Wildman–Crippen MR) is 68.6 cm³/mol. The number of unbranched alkanes of at least 4 members (excludes halogenated alkanes) is 3. The Morgan fingerprint density at radius 1 is 1.29 bits per heavy atom. The fraction of sp³-hybridized carbons (Fsp3) is 0.571. The third-order valence-corrected chi connectivity index (χ3v) is 2.97. The van der Waals surface area contributed by atoms with Crippen molar-refractivity contribution in [1.29, 1.82) is 0 Å². The van der Waals surface area contributed by atoms with Gasteiger partial charge in [0.15, 0.2) is 11.6 Å². The molecule has 0 aliphatic carbocycles. The Kier molecular flexibility index (Phi) is 5.98. The SMILES string of the molecule is CCCCCCC(N)c1ccc(F)c(OC)c1. The van der Waals surface area contributed by atoms with Crippen LogP contribution in [0.4, 0.5) is 4.39 Å². The molecule has 0 fully saturated rings. The van der Waals surface area contributed by atoms with Gasteiger partial charge in [0.05, 0.1) is 7.11 Å². The molecule has 0 saturated heterocycles. The topological polar surface area (TPSA) is 35.2 Å². The Hall–Kier alpha value is -1.09. The maximum atomic E-state index is 13.2. The summed E-state index contributed by atoms with van der Waals surface area (Å²) in [6.07, 6.45) is 5.74. The van der Waals surface area contributed by atoms with Crippen LogP contribution >= 0.6 is 0 Å². The van der Waals surface area contributed by atoms with Crippen LogP contribution in [0.3, 0.4) is 0 Å². The third-order valence-electron chi connectivity index (χ3n) is 2.97. The molecule has 0 saturated carbocycles. The summed E-state index contributed by atoms with van der Waals surface area (Å²) in [4.78, 5) is 0. The molecule has 0 aliphatic rings. The molecule has 1 rings (SSSR count). The van der Waals surface area contributed by atoms with E-state index in [0.29, 0.717) is 0 Å². The van der Waals surface area contributed by atoms with Gasteiger partial charge in [-0.1, -0.05) is 38.7 Å². The molecule has 1 unspecified atom stereocenters. The van der Waals surface area contributed by atoms with E-state index in [0.717, 1.165) is 18.4 Å². The van der Waals surface area contributed by atoms with Gasteiger partial charge < -0.3 is 10.5 Å². The standard InChI is InChI=1S/C14H22FNO/c1-3-4-5-6-7-13(16)11-8-9-12(15)14(10-11)17-2/h8-10,13H,3-7,16H2,1-2H3. The van der Waals surface area contributed by atoms with Crippen LogP contribution in [0.15, 0.2) is 18.2 Å². The molecule has 17 heavy (non-hydrogen) atoms. The summed E-state index contributed by atoms with van der Waals surface area (Å²) in [5, 5.41) is 0. The van der Waals surface area contributed by atoms with Gasteiger partial charge in [-0.05, 0) is 24.1 Å². The van der Waals surface area contributed by atoms with Gasteiger partial charge in [0, 0.05) is 6.04 Å². The number of hydrogen-bond acceptors (Lipinski definition) is 2. The van der Waals surface area contributed by atoms with E-state index in [1.165, 1.54) is 32.4 Å². The fourth-order valence-electron chi connectivity index (χ4n) is 1.86. The Labute approximate surface area is 103 Å². The first-order chi connectivity index (χ1) is 8.19. The first-order valence-electron chi connectivity index (χ1n) is 6.28. The second-order valence-corrected chi connectivity index (χ2v) is 4.35. The zero-order valence-corrected chi connectivity index (χ0v) is 10.7. The van der Waals surface area contributed by atoms with Gasteiger partial charge in [0.25, 0.3) is 0 Å². The van der Waals surface area contributed by atoms with E-state index < -0.39 is 0 Å². The summed E-state index contributed by atoms with van der Waals surface area (Å²) >= 11 is 0. The Morgan fingerprint density at radius 2 is 2.06 bits per heavy atom. The fourth-order valence-corrected chi connectivity index (χ4v) is 1.86. The van der Waals surface area contributed by atoms with Gasteiger partial charge in [-0.15, -0.1) is 0 Å². The lowest BCUT2D eigenvalue weighted by Gasteiger charge is -2.13. The van der Waals surface area contributed by atoms with Crippen LogP contribution in [0.1, 0.15) is 50.6 Å². The molecule has 3 heteroatoms. The summed E-state index contributed by atoms with van der Waals surface area (Å²) in [6, 6.07) is 4.82. The molecule has 0 amide bonds. The van der Waals surface area contributed by atoms with Crippen molar-refractivity contribution in [3.8, 4) is 5.75 Å². The van der Waals surface area contributed by atoms with Crippen LogP contribution in [0, 0.1) is 5.82 Å². The molecule has 1 atom stereocenters. The van der Waals surface area contributed by atoms with Crippen LogP contribution in [0.25, 0.3) is 0 Å². The second-order valence-electron chi connectivity index (χ2n) is 4.35. The lowest BCUT2D eigenvalue weighted by Crippen LogP contribution is -2.10. The van der Waals surface area contributed by atoms with E-state index in [1.807, 2.05) is 0 Å². The van der Waals surface area contributed by atoms with Crippen molar-refractivity contribution in [2.45, 2.75) is 45.1 Å². The molecule has 0 spiro atoms. The molecule has 0 radical (unpaired) electrons. The largest absolute Gasteiger partial charge is 0.494 e. The van der Waals surface area contributed by atoms with Crippen molar-refractivity contribution >= 4 is 0 Å². The average molecular weight is 239 g/mol. The normalized spacial score (nSPS) is 12.5. The van der Waals surface area contributed by atoms with Crippen LogP contribution in [0.5, 0.6) is 5.75 Å². The summed E-state index contributed by atoms with van der Waals surface area (Å²) in [5.74, 6) is -0.0686. The number of nitrogens with two attached hydrogens (primary N) is 1. The molecule has 0 bridgehead atoms. The van der Waals surface area contributed by atoms with Gasteiger partial charge in [0.2, 0.25) is 0 Å². The zero-order valence-electron chi connectivity index (χ0n) is 10.7. The van der Waals surface area contributed by atoms with Crippen molar-refractivity contribution < 1.29 is 9.13 Å². The predicted octanol–water partition coefficient (Wildman–Crippen LogP) is 3.80. The van der Waals surface area contributed by atoms with Crippen molar-refractivity contribution in [2.24, 2.45) is 5.73 Å². The number of ether oxygens (including phenoxy) is 1. The maximum Gasteiger partial charge on any atom is 0.165 e. The smallest absolute Gasteiger partial charge is 0.165 e. The number of benzene rings is 1. The van der Waals surface area contributed by atoms with E-state index in [4.69, 9.17) is 10.5 Å². The molecule has 96 valence electrons. The number of methoxy groups -OCH3 is 1. The van der Waals surface area contributed by atoms with Crippen LogP contribution in [0.2, 0.25) is 0 Å².